The van der Waals surface area contributed by atoms with Crippen molar-refractivity contribution in [1.82, 2.24) is 10.2 Å². The van der Waals surface area contributed by atoms with E-state index in [1.807, 2.05) is 17.5 Å². The summed E-state index contributed by atoms with van der Waals surface area (Å²) in [6.45, 7) is 0.644. The summed E-state index contributed by atoms with van der Waals surface area (Å²) in [6, 6.07) is 8.24. The van der Waals surface area contributed by atoms with Crippen LogP contribution in [0.25, 0.3) is 0 Å². The second-order valence-corrected chi connectivity index (χ2v) is 6.38. The third kappa shape index (κ3) is 6.07. The molecule has 0 fully saturated rings. The van der Waals surface area contributed by atoms with Crippen molar-refractivity contribution in [3.63, 3.8) is 0 Å². The van der Waals surface area contributed by atoms with Crippen molar-refractivity contribution in [1.29, 1.82) is 0 Å². The Morgan fingerprint density at radius 3 is 2.64 bits per heavy atom. The lowest BCUT2D eigenvalue weighted by Gasteiger charge is -2.21. The fourth-order valence-electron chi connectivity index (χ4n) is 2.17. The van der Waals surface area contributed by atoms with Gasteiger partial charge in [0.2, 0.25) is 5.91 Å². The Kier molecular flexibility index (Phi) is 6.76. The van der Waals surface area contributed by atoms with E-state index < -0.39 is 12.1 Å². The molecule has 2 aromatic rings. The number of primary amides is 1. The van der Waals surface area contributed by atoms with Crippen LogP contribution < -0.4 is 15.8 Å². The van der Waals surface area contributed by atoms with Crippen LogP contribution in [0, 0.1) is 5.82 Å². The Labute approximate surface area is 149 Å². The minimum absolute atomic E-state index is 0.108. The Hall–Kier alpha value is -2.61. The molecule has 6 nitrogen and oxygen atoms in total. The van der Waals surface area contributed by atoms with E-state index in [0.29, 0.717) is 12.3 Å². The van der Waals surface area contributed by atoms with Crippen LogP contribution in [0.15, 0.2) is 41.8 Å². The van der Waals surface area contributed by atoms with Crippen LogP contribution in [-0.4, -0.2) is 37.0 Å². The van der Waals surface area contributed by atoms with Crippen molar-refractivity contribution in [3.8, 4) is 5.75 Å². The number of carbonyl (C=O) groups excluding carboxylic acids is 2. The number of benzene rings is 1. The molecule has 134 valence electrons. The summed E-state index contributed by atoms with van der Waals surface area (Å²) in [4.78, 5) is 25.9. The van der Waals surface area contributed by atoms with E-state index in [4.69, 9.17) is 10.5 Å². The third-order valence-corrected chi connectivity index (χ3v) is 4.50. The molecule has 3 N–H and O–H groups in total. The van der Waals surface area contributed by atoms with Gasteiger partial charge in [0.05, 0.1) is 19.0 Å². The fraction of sp³-hybridized carbons (Fsp3) is 0.294. The average Bonchev–Trinajstić information content (AvgIpc) is 3.10. The van der Waals surface area contributed by atoms with Crippen molar-refractivity contribution in [2.75, 3.05) is 20.2 Å². The molecule has 0 saturated heterocycles. The molecule has 0 aliphatic heterocycles. The normalized spacial score (nSPS) is 11.6. The van der Waals surface area contributed by atoms with E-state index in [0.717, 1.165) is 4.88 Å². The van der Waals surface area contributed by atoms with Gasteiger partial charge in [-0.05, 0) is 35.7 Å². The first-order chi connectivity index (χ1) is 12.0. The maximum Gasteiger partial charge on any atom is 0.312 e. The average molecular weight is 365 g/mol. The van der Waals surface area contributed by atoms with Crippen LogP contribution in [-0.2, 0) is 4.79 Å². The van der Waals surface area contributed by atoms with Gasteiger partial charge in [-0.2, -0.15) is 0 Å². The molecule has 0 aliphatic rings. The molecule has 1 aromatic carbocycles. The third-order valence-electron chi connectivity index (χ3n) is 3.52. The van der Waals surface area contributed by atoms with E-state index in [2.05, 4.69) is 5.32 Å². The summed E-state index contributed by atoms with van der Waals surface area (Å²) < 4.78 is 18.3. The van der Waals surface area contributed by atoms with Gasteiger partial charge in [0, 0.05) is 11.9 Å². The van der Waals surface area contributed by atoms with Gasteiger partial charge in [-0.15, -0.1) is 11.3 Å². The number of hydrogen-bond donors (Lipinski definition) is 2. The minimum Gasteiger partial charge on any atom is -0.492 e. The zero-order valence-corrected chi connectivity index (χ0v) is 14.6. The van der Waals surface area contributed by atoms with E-state index >= 15 is 0 Å². The second-order valence-electron chi connectivity index (χ2n) is 5.40. The number of urea groups is 1. The summed E-state index contributed by atoms with van der Waals surface area (Å²) >= 11 is 1.45. The summed E-state index contributed by atoms with van der Waals surface area (Å²) in [6.07, 6.45) is 0.108. The maximum atomic E-state index is 12.8. The van der Waals surface area contributed by atoms with Gasteiger partial charge in [0.1, 0.15) is 18.2 Å². The van der Waals surface area contributed by atoms with Crippen molar-refractivity contribution >= 4 is 23.3 Å². The van der Waals surface area contributed by atoms with Crippen molar-refractivity contribution in [3.05, 3.63) is 52.5 Å². The standard InChI is InChI=1S/C17H20FN3O3S/c1-21(8-9-24-13-6-4-12(18)5-7-13)16(22)11-14(20-17(19)23)15-3-2-10-25-15/h2-7,10,14H,8-9,11H2,1H3,(H3,19,20,23). The zero-order chi connectivity index (χ0) is 18.2. The second kappa shape index (κ2) is 9.03. The molecular formula is C17H20FN3O3S. The quantitative estimate of drug-likeness (QED) is 0.754. The van der Waals surface area contributed by atoms with Crippen LogP contribution in [0.2, 0.25) is 0 Å². The summed E-state index contributed by atoms with van der Waals surface area (Å²) in [5, 5.41) is 4.46. The molecule has 1 heterocycles. The highest BCUT2D eigenvalue weighted by Gasteiger charge is 2.20. The van der Waals surface area contributed by atoms with Gasteiger partial charge in [-0.1, -0.05) is 6.07 Å². The first-order valence-electron chi connectivity index (χ1n) is 7.67. The molecule has 1 aromatic heterocycles. The molecule has 2 rings (SSSR count). The lowest BCUT2D eigenvalue weighted by Crippen LogP contribution is -2.38. The van der Waals surface area contributed by atoms with Crippen LogP contribution in [0.3, 0.4) is 0 Å². The van der Waals surface area contributed by atoms with E-state index in [1.54, 1.807) is 7.05 Å². The highest BCUT2D eigenvalue weighted by atomic mass is 32.1. The van der Waals surface area contributed by atoms with E-state index in [-0.39, 0.29) is 24.8 Å². The molecule has 0 aliphatic carbocycles. The predicted octanol–water partition coefficient (Wildman–Crippen LogP) is 2.52. The first kappa shape index (κ1) is 18.7. The topological polar surface area (TPSA) is 84.7 Å². The molecule has 1 unspecified atom stereocenters. The number of hydrogen-bond acceptors (Lipinski definition) is 4. The zero-order valence-electron chi connectivity index (χ0n) is 13.8. The summed E-state index contributed by atoms with van der Waals surface area (Å²) in [5.74, 6) is 0.0603. The number of carbonyl (C=O) groups is 2. The number of likely N-dealkylation sites (N-methyl/N-ethyl adjacent to an activating group) is 1. The van der Waals surface area contributed by atoms with Crippen LogP contribution in [0.4, 0.5) is 9.18 Å². The molecule has 25 heavy (non-hydrogen) atoms. The Morgan fingerprint density at radius 1 is 1.32 bits per heavy atom. The maximum absolute atomic E-state index is 12.8. The monoisotopic (exact) mass is 365 g/mol. The fourth-order valence-corrected chi connectivity index (χ4v) is 2.95. The lowest BCUT2D eigenvalue weighted by atomic mass is 10.1. The van der Waals surface area contributed by atoms with E-state index in [9.17, 15) is 14.0 Å². The number of ether oxygens (including phenoxy) is 1. The minimum atomic E-state index is -0.673. The van der Waals surface area contributed by atoms with Crippen LogP contribution in [0.1, 0.15) is 17.3 Å². The Balaban J connectivity index is 1.83. The van der Waals surface area contributed by atoms with Gasteiger partial charge in [-0.3, -0.25) is 4.79 Å². The Bertz CT molecular complexity index is 692. The number of nitrogens with two attached hydrogens (primary N) is 1. The van der Waals surface area contributed by atoms with Gasteiger partial charge in [0.15, 0.2) is 0 Å². The molecule has 0 spiro atoms. The molecule has 1 atom stereocenters. The summed E-state index contributed by atoms with van der Waals surface area (Å²) in [7, 11) is 1.66. The van der Waals surface area contributed by atoms with Gasteiger partial charge in [0.25, 0.3) is 0 Å². The molecule has 3 amide bonds. The first-order valence-corrected chi connectivity index (χ1v) is 8.55. The molecule has 0 bridgehead atoms. The number of halogens is 1. The lowest BCUT2D eigenvalue weighted by molar-refractivity contribution is -0.130. The van der Waals surface area contributed by atoms with E-state index in [1.165, 1.54) is 40.5 Å². The Morgan fingerprint density at radius 2 is 2.04 bits per heavy atom. The number of nitrogens with one attached hydrogen (secondary N) is 1. The largest absolute Gasteiger partial charge is 0.492 e. The predicted molar refractivity (Wildman–Crippen MR) is 93.9 cm³/mol. The molecule has 0 radical (unpaired) electrons. The summed E-state index contributed by atoms with van der Waals surface area (Å²) in [5.41, 5.74) is 5.19. The smallest absolute Gasteiger partial charge is 0.312 e. The van der Waals surface area contributed by atoms with Gasteiger partial charge < -0.3 is 20.7 Å². The van der Waals surface area contributed by atoms with Crippen molar-refractivity contribution in [2.45, 2.75) is 12.5 Å². The SMILES string of the molecule is CN(CCOc1ccc(F)cc1)C(=O)CC(NC(N)=O)c1cccs1. The number of thiophene rings is 1. The van der Waals surface area contributed by atoms with Gasteiger partial charge in [-0.25, -0.2) is 9.18 Å². The number of amides is 3. The van der Waals surface area contributed by atoms with Crippen LogP contribution in [0.5, 0.6) is 5.75 Å². The van der Waals surface area contributed by atoms with Crippen LogP contribution >= 0.6 is 11.3 Å². The molecular weight excluding hydrogens is 345 g/mol. The van der Waals surface area contributed by atoms with Gasteiger partial charge >= 0.3 is 6.03 Å². The van der Waals surface area contributed by atoms with Crippen molar-refractivity contribution < 1.29 is 18.7 Å². The highest BCUT2D eigenvalue weighted by molar-refractivity contribution is 7.10. The van der Waals surface area contributed by atoms with Crippen molar-refractivity contribution in [2.24, 2.45) is 5.73 Å². The number of rotatable bonds is 8. The molecule has 8 heteroatoms. The molecule has 0 saturated carbocycles. The highest BCUT2D eigenvalue weighted by Crippen LogP contribution is 2.22. The number of nitrogens with zero attached hydrogens (tertiary/aromatic N) is 1.